The number of anilines is 1. The minimum atomic E-state index is -0.272. The average molecular weight is 379 g/mol. The average Bonchev–Trinajstić information content (AvgIpc) is 3.23. The molecule has 27 heavy (non-hydrogen) atoms. The molecule has 0 saturated carbocycles. The second-order valence-electron chi connectivity index (χ2n) is 6.10. The van der Waals surface area contributed by atoms with Crippen LogP contribution in [0.25, 0.3) is 22.2 Å². The summed E-state index contributed by atoms with van der Waals surface area (Å²) in [6.45, 7) is 2.00. The molecular formula is C20H17N3O3S. The van der Waals surface area contributed by atoms with Gasteiger partial charge in [-0.1, -0.05) is 12.1 Å². The molecule has 3 N–H and O–H groups in total. The van der Waals surface area contributed by atoms with E-state index in [0.29, 0.717) is 21.6 Å². The zero-order valence-corrected chi connectivity index (χ0v) is 15.6. The Kier molecular flexibility index (Phi) is 4.29. The van der Waals surface area contributed by atoms with E-state index in [1.807, 2.05) is 37.3 Å². The first kappa shape index (κ1) is 17.1. The van der Waals surface area contributed by atoms with E-state index in [0.717, 1.165) is 21.8 Å². The fourth-order valence-electron chi connectivity index (χ4n) is 2.95. The summed E-state index contributed by atoms with van der Waals surface area (Å²) in [7, 11) is 1.63. The maximum atomic E-state index is 12.7. The van der Waals surface area contributed by atoms with Gasteiger partial charge in [-0.25, -0.2) is 4.79 Å². The van der Waals surface area contributed by atoms with Crippen LogP contribution in [0.15, 0.2) is 53.3 Å². The Morgan fingerprint density at radius 2 is 1.78 bits per heavy atom. The van der Waals surface area contributed by atoms with Crippen molar-refractivity contribution in [2.45, 2.75) is 6.92 Å². The summed E-state index contributed by atoms with van der Waals surface area (Å²) in [6.07, 6.45) is 0. The number of aryl methyl sites for hydroxylation is 1. The lowest BCUT2D eigenvalue weighted by Crippen LogP contribution is -2.09. The number of methoxy groups -OCH3 is 1. The topological polar surface area (TPSA) is 87.0 Å². The van der Waals surface area contributed by atoms with Gasteiger partial charge in [-0.05, 0) is 54.4 Å². The van der Waals surface area contributed by atoms with E-state index in [1.165, 1.54) is 11.3 Å². The van der Waals surface area contributed by atoms with Crippen LogP contribution in [-0.2, 0) is 0 Å². The van der Waals surface area contributed by atoms with E-state index in [2.05, 4.69) is 15.3 Å². The van der Waals surface area contributed by atoms with Gasteiger partial charge >= 0.3 is 5.69 Å². The number of nitrogens with one attached hydrogen (secondary N) is 3. The maximum absolute atomic E-state index is 12.7. The number of ether oxygens (including phenoxy) is 1. The summed E-state index contributed by atoms with van der Waals surface area (Å²) in [5.74, 6) is 0.614. The van der Waals surface area contributed by atoms with Crippen molar-refractivity contribution in [1.29, 1.82) is 0 Å². The Morgan fingerprint density at radius 3 is 2.52 bits per heavy atom. The van der Waals surface area contributed by atoms with Gasteiger partial charge in [-0.3, -0.25) is 4.79 Å². The lowest BCUT2D eigenvalue weighted by molar-refractivity contribution is 0.103. The van der Waals surface area contributed by atoms with E-state index < -0.39 is 0 Å². The van der Waals surface area contributed by atoms with Crippen molar-refractivity contribution < 1.29 is 9.53 Å². The number of hydrogen-bond acceptors (Lipinski definition) is 4. The summed E-state index contributed by atoms with van der Waals surface area (Å²) >= 11 is 1.45. The maximum Gasteiger partial charge on any atom is 0.323 e. The summed E-state index contributed by atoms with van der Waals surface area (Å²) in [5, 5.41) is 2.89. The lowest BCUT2D eigenvalue weighted by Gasteiger charge is -2.03. The van der Waals surface area contributed by atoms with Crippen LogP contribution >= 0.6 is 11.3 Å². The fraction of sp³-hybridized carbons (Fsp3) is 0.100. The molecule has 0 fully saturated rings. The van der Waals surface area contributed by atoms with Crippen molar-refractivity contribution in [2.24, 2.45) is 0 Å². The first-order valence-electron chi connectivity index (χ1n) is 8.32. The number of rotatable bonds is 4. The largest absolute Gasteiger partial charge is 0.497 e. The van der Waals surface area contributed by atoms with Crippen molar-refractivity contribution in [3.63, 3.8) is 0 Å². The number of carbonyl (C=O) groups is 1. The number of amides is 1. The van der Waals surface area contributed by atoms with Crippen molar-refractivity contribution in [1.82, 2.24) is 9.97 Å². The van der Waals surface area contributed by atoms with Crippen molar-refractivity contribution in [3.05, 3.63) is 68.8 Å². The highest BCUT2D eigenvalue weighted by Gasteiger charge is 2.14. The summed E-state index contributed by atoms with van der Waals surface area (Å²) < 4.78 is 5.19. The molecule has 0 radical (unpaired) electrons. The number of fused-ring (bicyclic) bond motifs is 1. The first-order valence-corrected chi connectivity index (χ1v) is 9.13. The number of aromatic amines is 2. The standard InChI is InChI=1S/C20H17N3O3S/c1-11-15(12-3-6-14(26-2)7-4-12)10-18(27-11)19(24)21-13-5-8-16-17(9-13)23-20(25)22-16/h3-10H,1-2H3,(H,21,24)(H2,22,23,25). The van der Waals surface area contributed by atoms with Gasteiger partial charge in [0.15, 0.2) is 0 Å². The molecule has 0 aliphatic rings. The lowest BCUT2D eigenvalue weighted by atomic mass is 10.1. The molecule has 1 amide bonds. The molecule has 2 aromatic heterocycles. The van der Waals surface area contributed by atoms with Gasteiger partial charge in [0.05, 0.1) is 23.0 Å². The Bertz CT molecular complexity index is 1190. The Morgan fingerprint density at radius 1 is 1.04 bits per heavy atom. The molecule has 4 rings (SSSR count). The van der Waals surface area contributed by atoms with Crippen LogP contribution in [0.1, 0.15) is 14.5 Å². The third-order valence-electron chi connectivity index (χ3n) is 4.32. The smallest absolute Gasteiger partial charge is 0.323 e. The molecule has 7 heteroatoms. The second-order valence-corrected chi connectivity index (χ2v) is 7.36. The third kappa shape index (κ3) is 3.37. The summed E-state index contributed by atoms with van der Waals surface area (Å²) in [5.41, 5.74) is 3.77. The quantitative estimate of drug-likeness (QED) is 0.498. The summed E-state index contributed by atoms with van der Waals surface area (Å²) in [4.78, 5) is 31.1. The number of benzene rings is 2. The highest BCUT2D eigenvalue weighted by molar-refractivity contribution is 7.14. The molecule has 0 atom stereocenters. The zero-order chi connectivity index (χ0) is 19.0. The highest BCUT2D eigenvalue weighted by Crippen LogP contribution is 2.32. The predicted octanol–water partition coefficient (Wildman–Crippen LogP) is 4.15. The molecule has 0 bridgehead atoms. The van der Waals surface area contributed by atoms with E-state index in [9.17, 15) is 9.59 Å². The Hall–Kier alpha value is -3.32. The Balaban J connectivity index is 1.58. The van der Waals surface area contributed by atoms with Gasteiger partial charge in [0.1, 0.15) is 5.75 Å². The summed E-state index contributed by atoms with van der Waals surface area (Å²) in [6, 6.07) is 14.9. The zero-order valence-electron chi connectivity index (χ0n) is 14.8. The van der Waals surface area contributed by atoms with Crippen LogP contribution in [0, 0.1) is 6.92 Å². The molecule has 0 aliphatic carbocycles. The van der Waals surface area contributed by atoms with Crippen molar-refractivity contribution >= 4 is 34.0 Å². The predicted molar refractivity (Wildman–Crippen MR) is 108 cm³/mol. The number of carbonyl (C=O) groups excluding carboxylic acids is 1. The minimum absolute atomic E-state index is 0.180. The monoisotopic (exact) mass is 379 g/mol. The van der Waals surface area contributed by atoms with Gasteiger partial charge in [-0.2, -0.15) is 0 Å². The van der Waals surface area contributed by atoms with Crippen LogP contribution in [-0.4, -0.2) is 23.0 Å². The van der Waals surface area contributed by atoms with Crippen LogP contribution < -0.4 is 15.7 Å². The van der Waals surface area contributed by atoms with E-state index in [4.69, 9.17) is 4.74 Å². The molecule has 136 valence electrons. The molecule has 2 heterocycles. The molecule has 0 aliphatic heterocycles. The number of aromatic nitrogens is 2. The number of thiophene rings is 1. The molecular weight excluding hydrogens is 362 g/mol. The first-order chi connectivity index (χ1) is 13.0. The second kappa shape index (κ2) is 6.77. The van der Waals surface area contributed by atoms with E-state index >= 15 is 0 Å². The minimum Gasteiger partial charge on any atom is -0.497 e. The fourth-order valence-corrected chi connectivity index (χ4v) is 3.89. The molecule has 0 saturated heterocycles. The molecule has 6 nitrogen and oxygen atoms in total. The highest BCUT2D eigenvalue weighted by atomic mass is 32.1. The molecule has 0 spiro atoms. The van der Waals surface area contributed by atoms with Crippen LogP contribution in [0.2, 0.25) is 0 Å². The molecule has 4 aromatic rings. The van der Waals surface area contributed by atoms with Gasteiger partial charge in [0.2, 0.25) is 0 Å². The van der Waals surface area contributed by atoms with E-state index in [-0.39, 0.29) is 11.6 Å². The Labute approximate surface area is 158 Å². The van der Waals surface area contributed by atoms with Crippen LogP contribution in [0.3, 0.4) is 0 Å². The van der Waals surface area contributed by atoms with Crippen molar-refractivity contribution in [3.8, 4) is 16.9 Å². The van der Waals surface area contributed by atoms with Gasteiger partial charge in [0, 0.05) is 10.6 Å². The number of H-pyrrole nitrogens is 2. The van der Waals surface area contributed by atoms with Crippen molar-refractivity contribution in [2.75, 3.05) is 12.4 Å². The van der Waals surface area contributed by atoms with Crippen LogP contribution in [0.5, 0.6) is 5.75 Å². The number of hydrogen-bond donors (Lipinski definition) is 3. The van der Waals surface area contributed by atoms with Gasteiger partial charge < -0.3 is 20.0 Å². The molecule has 0 unspecified atom stereocenters. The molecule has 2 aromatic carbocycles. The number of imidazole rings is 1. The van der Waals surface area contributed by atoms with Gasteiger partial charge in [-0.15, -0.1) is 11.3 Å². The van der Waals surface area contributed by atoms with E-state index in [1.54, 1.807) is 25.3 Å². The normalized spacial score (nSPS) is 10.9. The van der Waals surface area contributed by atoms with Gasteiger partial charge in [0.25, 0.3) is 5.91 Å². The third-order valence-corrected chi connectivity index (χ3v) is 5.37. The van der Waals surface area contributed by atoms with Crippen LogP contribution in [0.4, 0.5) is 5.69 Å². The SMILES string of the molecule is COc1ccc(-c2cc(C(=O)Nc3ccc4[nH]c(=O)[nH]c4c3)sc2C)cc1.